The summed E-state index contributed by atoms with van der Waals surface area (Å²) in [6.45, 7) is 11.9. The number of piperazine rings is 1. The third-order valence-electron chi connectivity index (χ3n) is 5.53. The lowest BCUT2D eigenvalue weighted by atomic mass is 9.78. The first-order valence-corrected chi connectivity index (χ1v) is 7.62. The summed E-state index contributed by atoms with van der Waals surface area (Å²) >= 11 is 0. The van der Waals surface area contributed by atoms with Gasteiger partial charge in [-0.05, 0) is 45.4 Å². The Morgan fingerprint density at radius 2 is 1.94 bits per heavy atom. The molecule has 1 aliphatic carbocycles. The molecule has 2 aliphatic rings. The molecule has 0 aromatic heterocycles. The molecule has 1 N–H and O–H groups in total. The second kappa shape index (κ2) is 5.27. The molecule has 0 aromatic carbocycles. The van der Waals surface area contributed by atoms with Gasteiger partial charge in [-0.1, -0.05) is 20.3 Å². The van der Waals surface area contributed by atoms with E-state index in [2.05, 4.69) is 37.9 Å². The molecule has 2 fully saturated rings. The summed E-state index contributed by atoms with van der Waals surface area (Å²) in [7, 11) is 0. The molecule has 0 amide bonds. The summed E-state index contributed by atoms with van der Waals surface area (Å²) in [4.78, 5) is 2.79. The molecule has 1 saturated heterocycles. The van der Waals surface area contributed by atoms with Gasteiger partial charge < -0.3 is 5.32 Å². The second-order valence-electron chi connectivity index (χ2n) is 6.32. The first-order chi connectivity index (χ1) is 8.12. The van der Waals surface area contributed by atoms with E-state index in [1.54, 1.807) is 0 Å². The smallest absolute Gasteiger partial charge is 0.0304 e. The summed E-state index contributed by atoms with van der Waals surface area (Å²) in [6.07, 6.45) is 6.89. The number of nitrogens with zero attached hydrogens (tertiary/aromatic N) is 1. The Labute approximate surface area is 107 Å². The standard InChI is InChI=1S/C15H30N2/c1-5-15(6-2)11-17(12(3)10-16-15)13(4)14-8-7-9-14/h12-14,16H,5-11H2,1-4H3. The van der Waals surface area contributed by atoms with Crippen LogP contribution in [0.1, 0.15) is 59.8 Å². The molecule has 2 unspecified atom stereocenters. The molecule has 2 nitrogen and oxygen atoms in total. The lowest BCUT2D eigenvalue weighted by molar-refractivity contribution is 0.0117. The zero-order chi connectivity index (χ0) is 12.5. The van der Waals surface area contributed by atoms with Crippen LogP contribution < -0.4 is 5.32 Å². The second-order valence-corrected chi connectivity index (χ2v) is 6.32. The van der Waals surface area contributed by atoms with Crippen LogP contribution in [-0.2, 0) is 0 Å². The molecule has 1 heterocycles. The van der Waals surface area contributed by atoms with Crippen molar-refractivity contribution in [2.75, 3.05) is 13.1 Å². The minimum Gasteiger partial charge on any atom is -0.308 e. The van der Waals surface area contributed by atoms with E-state index in [4.69, 9.17) is 0 Å². The molecule has 2 atom stereocenters. The van der Waals surface area contributed by atoms with E-state index in [0.717, 1.165) is 12.0 Å². The topological polar surface area (TPSA) is 15.3 Å². The van der Waals surface area contributed by atoms with Crippen LogP contribution in [0.3, 0.4) is 0 Å². The summed E-state index contributed by atoms with van der Waals surface area (Å²) in [5.74, 6) is 0.974. The average Bonchev–Trinajstić information content (AvgIpc) is 2.28. The average molecular weight is 238 g/mol. The maximum atomic E-state index is 3.80. The van der Waals surface area contributed by atoms with E-state index in [0.29, 0.717) is 11.6 Å². The van der Waals surface area contributed by atoms with Crippen molar-refractivity contribution in [3.05, 3.63) is 0 Å². The third-order valence-corrected chi connectivity index (χ3v) is 5.53. The van der Waals surface area contributed by atoms with Gasteiger partial charge in [0.25, 0.3) is 0 Å². The third kappa shape index (κ3) is 2.53. The first kappa shape index (κ1) is 13.4. The monoisotopic (exact) mass is 238 g/mol. The Balaban J connectivity index is 2.03. The van der Waals surface area contributed by atoms with Crippen molar-refractivity contribution in [1.29, 1.82) is 0 Å². The summed E-state index contributed by atoms with van der Waals surface area (Å²) in [5, 5.41) is 3.80. The fourth-order valence-electron chi connectivity index (χ4n) is 3.50. The molecule has 1 saturated carbocycles. The van der Waals surface area contributed by atoms with Crippen LogP contribution in [0, 0.1) is 5.92 Å². The molecule has 100 valence electrons. The van der Waals surface area contributed by atoms with Gasteiger partial charge in [0.1, 0.15) is 0 Å². The quantitative estimate of drug-likeness (QED) is 0.810. The van der Waals surface area contributed by atoms with Crippen molar-refractivity contribution in [2.45, 2.75) is 77.4 Å². The fourth-order valence-corrected chi connectivity index (χ4v) is 3.50. The van der Waals surface area contributed by atoms with E-state index in [-0.39, 0.29) is 0 Å². The molecule has 0 spiro atoms. The summed E-state index contributed by atoms with van der Waals surface area (Å²) < 4.78 is 0. The summed E-state index contributed by atoms with van der Waals surface area (Å²) in [5.41, 5.74) is 0.379. The predicted octanol–water partition coefficient (Wildman–Crippen LogP) is 3.03. The van der Waals surface area contributed by atoms with Gasteiger partial charge in [0, 0.05) is 30.7 Å². The lowest BCUT2D eigenvalue weighted by Crippen LogP contribution is -2.65. The molecule has 0 bridgehead atoms. The van der Waals surface area contributed by atoms with Gasteiger partial charge in [-0.15, -0.1) is 0 Å². The number of hydrogen-bond donors (Lipinski definition) is 1. The van der Waals surface area contributed by atoms with E-state index in [1.807, 2.05) is 0 Å². The highest BCUT2D eigenvalue weighted by Gasteiger charge is 2.39. The predicted molar refractivity (Wildman–Crippen MR) is 74.3 cm³/mol. The Kier molecular flexibility index (Phi) is 4.14. The van der Waals surface area contributed by atoms with Crippen molar-refractivity contribution in [2.24, 2.45) is 5.92 Å². The van der Waals surface area contributed by atoms with Gasteiger partial charge in [-0.2, -0.15) is 0 Å². The van der Waals surface area contributed by atoms with Gasteiger partial charge in [-0.3, -0.25) is 4.90 Å². The van der Waals surface area contributed by atoms with Crippen LogP contribution in [0.25, 0.3) is 0 Å². The Morgan fingerprint density at radius 1 is 1.29 bits per heavy atom. The SMILES string of the molecule is CCC1(CC)CN(C(C)C2CCC2)C(C)CN1. The molecule has 2 heteroatoms. The van der Waals surface area contributed by atoms with Crippen LogP contribution >= 0.6 is 0 Å². The zero-order valence-corrected chi connectivity index (χ0v) is 12.1. The van der Waals surface area contributed by atoms with Crippen molar-refractivity contribution in [3.8, 4) is 0 Å². The highest BCUT2D eigenvalue weighted by molar-refractivity contribution is 4.98. The molecule has 0 aromatic rings. The Bertz CT molecular complexity index is 243. The van der Waals surface area contributed by atoms with E-state index in [9.17, 15) is 0 Å². The molecular weight excluding hydrogens is 208 g/mol. The summed E-state index contributed by atoms with van der Waals surface area (Å²) in [6, 6.07) is 1.50. The fraction of sp³-hybridized carbons (Fsp3) is 1.00. The van der Waals surface area contributed by atoms with E-state index >= 15 is 0 Å². The minimum atomic E-state index is 0.379. The number of nitrogens with one attached hydrogen (secondary N) is 1. The minimum absolute atomic E-state index is 0.379. The van der Waals surface area contributed by atoms with Crippen LogP contribution in [-0.4, -0.2) is 35.6 Å². The zero-order valence-electron chi connectivity index (χ0n) is 12.1. The van der Waals surface area contributed by atoms with E-state index < -0.39 is 0 Å². The van der Waals surface area contributed by atoms with Crippen LogP contribution in [0.4, 0.5) is 0 Å². The van der Waals surface area contributed by atoms with Gasteiger partial charge in [0.05, 0.1) is 0 Å². The van der Waals surface area contributed by atoms with Gasteiger partial charge in [-0.25, -0.2) is 0 Å². The lowest BCUT2D eigenvalue weighted by Gasteiger charge is -2.51. The Hall–Kier alpha value is -0.0800. The van der Waals surface area contributed by atoms with Crippen molar-refractivity contribution in [3.63, 3.8) is 0 Å². The molecule has 1 aliphatic heterocycles. The van der Waals surface area contributed by atoms with Crippen LogP contribution in [0.2, 0.25) is 0 Å². The highest BCUT2D eigenvalue weighted by Crippen LogP contribution is 2.35. The van der Waals surface area contributed by atoms with Gasteiger partial charge in [0.2, 0.25) is 0 Å². The van der Waals surface area contributed by atoms with Crippen LogP contribution in [0.5, 0.6) is 0 Å². The number of hydrogen-bond acceptors (Lipinski definition) is 2. The number of rotatable bonds is 4. The van der Waals surface area contributed by atoms with Gasteiger partial charge >= 0.3 is 0 Å². The molecular formula is C15H30N2. The van der Waals surface area contributed by atoms with Gasteiger partial charge in [0.15, 0.2) is 0 Å². The molecule has 17 heavy (non-hydrogen) atoms. The van der Waals surface area contributed by atoms with Crippen molar-refractivity contribution < 1.29 is 0 Å². The Morgan fingerprint density at radius 3 is 2.41 bits per heavy atom. The normalized spacial score (nSPS) is 32.1. The molecule has 0 radical (unpaired) electrons. The van der Waals surface area contributed by atoms with Crippen LogP contribution in [0.15, 0.2) is 0 Å². The van der Waals surface area contributed by atoms with Crippen molar-refractivity contribution >= 4 is 0 Å². The first-order valence-electron chi connectivity index (χ1n) is 7.62. The molecule has 2 rings (SSSR count). The maximum Gasteiger partial charge on any atom is 0.0304 e. The van der Waals surface area contributed by atoms with Crippen molar-refractivity contribution in [1.82, 2.24) is 10.2 Å². The maximum absolute atomic E-state index is 3.80. The highest BCUT2D eigenvalue weighted by atomic mass is 15.3. The largest absolute Gasteiger partial charge is 0.308 e. The van der Waals surface area contributed by atoms with E-state index in [1.165, 1.54) is 45.2 Å².